The van der Waals surface area contributed by atoms with E-state index < -0.39 is 5.97 Å². The molecule has 0 fully saturated rings. The molecule has 0 bridgehead atoms. The van der Waals surface area contributed by atoms with Gasteiger partial charge in [0.2, 0.25) is 5.78 Å². The van der Waals surface area contributed by atoms with Crippen LogP contribution in [0.4, 0.5) is 0 Å². The van der Waals surface area contributed by atoms with Gasteiger partial charge in [0.15, 0.2) is 17.3 Å². The predicted octanol–water partition coefficient (Wildman–Crippen LogP) is 5.16. The quantitative estimate of drug-likeness (QED) is 0.285. The smallest absolute Gasteiger partial charge is 0.343 e. The number of methoxy groups -OCH3 is 3. The van der Waals surface area contributed by atoms with E-state index in [2.05, 4.69) is 0 Å². The zero-order chi connectivity index (χ0) is 24.4. The van der Waals surface area contributed by atoms with E-state index in [0.29, 0.717) is 51.0 Å². The highest BCUT2D eigenvalue weighted by molar-refractivity contribution is 6.15. The van der Waals surface area contributed by atoms with Crippen LogP contribution in [0.1, 0.15) is 37.4 Å². The first-order chi connectivity index (χ1) is 16.4. The van der Waals surface area contributed by atoms with E-state index >= 15 is 0 Å². The van der Waals surface area contributed by atoms with Crippen molar-refractivity contribution in [1.29, 1.82) is 0 Å². The third-order valence-electron chi connectivity index (χ3n) is 5.63. The number of esters is 1. The summed E-state index contributed by atoms with van der Waals surface area (Å²) in [4.78, 5) is 25.7. The Morgan fingerprint density at radius 2 is 1.53 bits per heavy atom. The highest BCUT2D eigenvalue weighted by Crippen LogP contribution is 2.41. The molecule has 1 heterocycles. The molecule has 0 aliphatic carbocycles. The minimum absolute atomic E-state index is 0.117. The number of fused-ring (bicyclic) bond motifs is 1. The standard InChI is InChI=1S/C27H24O7/c1-15-8-6-7-9-18(15)27(29)34-20-11-10-19-25(28)24(33-26(19)16(20)2)13-17-12-22(31-4)23(32-5)14-21(17)30-3/h6-14H,1-5H3/b24-13-. The van der Waals surface area contributed by atoms with Crippen molar-refractivity contribution in [1.82, 2.24) is 0 Å². The predicted molar refractivity (Wildman–Crippen MR) is 126 cm³/mol. The molecule has 0 saturated heterocycles. The van der Waals surface area contributed by atoms with Crippen LogP contribution in [0, 0.1) is 13.8 Å². The molecule has 0 aromatic heterocycles. The second-order valence-electron chi connectivity index (χ2n) is 7.66. The van der Waals surface area contributed by atoms with E-state index in [1.807, 2.05) is 19.1 Å². The number of benzene rings is 3. The number of carbonyl (C=O) groups is 2. The number of ether oxygens (including phenoxy) is 5. The number of aryl methyl sites for hydroxylation is 1. The number of carbonyl (C=O) groups excluding carboxylic acids is 2. The van der Waals surface area contributed by atoms with Gasteiger partial charge in [0.05, 0.1) is 32.5 Å². The molecule has 0 atom stereocenters. The van der Waals surface area contributed by atoms with Crippen LogP contribution in [-0.2, 0) is 0 Å². The lowest BCUT2D eigenvalue weighted by Gasteiger charge is -2.12. The van der Waals surface area contributed by atoms with Gasteiger partial charge in [0.25, 0.3) is 0 Å². The third kappa shape index (κ3) is 4.08. The summed E-state index contributed by atoms with van der Waals surface area (Å²) in [7, 11) is 4.58. The van der Waals surface area contributed by atoms with Crippen molar-refractivity contribution in [2.45, 2.75) is 13.8 Å². The number of rotatable bonds is 6. The number of Topliss-reactive ketones (excluding diaryl/α,β-unsaturated/α-hetero) is 1. The summed E-state index contributed by atoms with van der Waals surface area (Å²) in [5, 5.41) is 0. The van der Waals surface area contributed by atoms with Crippen molar-refractivity contribution >= 4 is 17.8 Å². The second-order valence-corrected chi connectivity index (χ2v) is 7.66. The molecule has 7 nitrogen and oxygen atoms in total. The molecule has 0 amide bonds. The zero-order valence-electron chi connectivity index (χ0n) is 19.6. The fourth-order valence-corrected chi connectivity index (χ4v) is 3.74. The molecule has 34 heavy (non-hydrogen) atoms. The lowest BCUT2D eigenvalue weighted by atomic mass is 10.0. The van der Waals surface area contributed by atoms with Crippen molar-refractivity contribution in [2.24, 2.45) is 0 Å². The van der Waals surface area contributed by atoms with Gasteiger partial charge in [0.1, 0.15) is 17.2 Å². The summed E-state index contributed by atoms with van der Waals surface area (Å²) >= 11 is 0. The molecule has 0 spiro atoms. The number of hydrogen-bond acceptors (Lipinski definition) is 7. The molecule has 174 valence electrons. The number of hydrogen-bond donors (Lipinski definition) is 0. The SMILES string of the molecule is COc1cc(OC)c(OC)cc1/C=C1\Oc2c(ccc(OC(=O)c3ccccc3C)c2C)C1=O. The molecule has 0 saturated carbocycles. The molecule has 7 heteroatoms. The molecule has 3 aromatic carbocycles. The molecular weight excluding hydrogens is 436 g/mol. The Kier molecular flexibility index (Phi) is 6.27. The molecule has 1 aliphatic heterocycles. The first-order valence-corrected chi connectivity index (χ1v) is 10.5. The Morgan fingerprint density at radius 3 is 2.21 bits per heavy atom. The maximum Gasteiger partial charge on any atom is 0.343 e. The molecule has 0 radical (unpaired) electrons. The van der Waals surface area contributed by atoms with Crippen LogP contribution in [0.5, 0.6) is 28.7 Å². The lowest BCUT2D eigenvalue weighted by Crippen LogP contribution is -2.11. The fourth-order valence-electron chi connectivity index (χ4n) is 3.74. The highest BCUT2D eigenvalue weighted by atomic mass is 16.5. The lowest BCUT2D eigenvalue weighted by molar-refractivity contribution is 0.0732. The van der Waals surface area contributed by atoms with Gasteiger partial charge in [0, 0.05) is 17.2 Å². The van der Waals surface area contributed by atoms with Crippen LogP contribution in [0.25, 0.3) is 6.08 Å². The summed E-state index contributed by atoms with van der Waals surface area (Å²) in [6.45, 7) is 3.58. The first kappa shape index (κ1) is 22.9. The average molecular weight is 460 g/mol. The monoisotopic (exact) mass is 460 g/mol. The van der Waals surface area contributed by atoms with Crippen LogP contribution in [-0.4, -0.2) is 33.1 Å². The fraction of sp³-hybridized carbons (Fsp3) is 0.185. The average Bonchev–Trinajstić information content (AvgIpc) is 3.16. The molecule has 0 unspecified atom stereocenters. The highest BCUT2D eigenvalue weighted by Gasteiger charge is 2.31. The van der Waals surface area contributed by atoms with Gasteiger partial charge in [-0.3, -0.25) is 4.79 Å². The van der Waals surface area contributed by atoms with Crippen LogP contribution >= 0.6 is 0 Å². The minimum Gasteiger partial charge on any atom is -0.496 e. The van der Waals surface area contributed by atoms with E-state index in [4.69, 9.17) is 23.7 Å². The molecule has 4 rings (SSSR count). The number of allylic oxidation sites excluding steroid dienone is 1. The number of ketones is 1. The van der Waals surface area contributed by atoms with E-state index in [0.717, 1.165) is 5.56 Å². The van der Waals surface area contributed by atoms with Crippen LogP contribution in [0.15, 0.2) is 54.3 Å². The maximum atomic E-state index is 13.0. The van der Waals surface area contributed by atoms with E-state index in [1.165, 1.54) is 21.3 Å². The van der Waals surface area contributed by atoms with Gasteiger partial charge >= 0.3 is 5.97 Å². The van der Waals surface area contributed by atoms with E-state index in [-0.39, 0.29) is 11.5 Å². The zero-order valence-corrected chi connectivity index (χ0v) is 19.6. The summed E-state index contributed by atoms with van der Waals surface area (Å²) in [6.07, 6.45) is 1.58. The largest absolute Gasteiger partial charge is 0.496 e. The summed E-state index contributed by atoms with van der Waals surface area (Å²) in [5.41, 5.74) is 2.81. The summed E-state index contributed by atoms with van der Waals surface area (Å²) < 4.78 is 27.7. The topological polar surface area (TPSA) is 80.3 Å². The van der Waals surface area contributed by atoms with Gasteiger partial charge in [-0.1, -0.05) is 18.2 Å². The van der Waals surface area contributed by atoms with Crippen molar-refractivity contribution in [3.05, 3.63) is 82.1 Å². The Morgan fingerprint density at radius 1 is 0.853 bits per heavy atom. The van der Waals surface area contributed by atoms with Gasteiger partial charge < -0.3 is 23.7 Å². The molecule has 3 aromatic rings. The van der Waals surface area contributed by atoms with Crippen molar-refractivity contribution < 1.29 is 33.3 Å². The minimum atomic E-state index is -0.476. The van der Waals surface area contributed by atoms with Crippen molar-refractivity contribution in [3.63, 3.8) is 0 Å². The molecular formula is C27H24O7. The first-order valence-electron chi connectivity index (χ1n) is 10.5. The molecule has 0 N–H and O–H groups in total. The van der Waals surface area contributed by atoms with Crippen LogP contribution in [0.2, 0.25) is 0 Å². The van der Waals surface area contributed by atoms with Crippen molar-refractivity contribution in [3.8, 4) is 28.7 Å². The van der Waals surface area contributed by atoms with E-state index in [9.17, 15) is 9.59 Å². The summed E-state index contributed by atoms with van der Waals surface area (Å²) in [6, 6.07) is 13.8. The van der Waals surface area contributed by atoms with Crippen LogP contribution in [0.3, 0.4) is 0 Å². The van der Waals surface area contributed by atoms with Gasteiger partial charge in [-0.25, -0.2) is 4.79 Å². The third-order valence-corrected chi connectivity index (χ3v) is 5.63. The Labute approximate surface area is 197 Å². The summed E-state index contributed by atoms with van der Waals surface area (Å²) in [5.74, 6) is 1.51. The van der Waals surface area contributed by atoms with Gasteiger partial charge in [-0.2, -0.15) is 0 Å². The Bertz CT molecular complexity index is 1320. The Balaban J connectivity index is 1.66. The second kappa shape index (κ2) is 9.31. The van der Waals surface area contributed by atoms with Gasteiger partial charge in [-0.15, -0.1) is 0 Å². The maximum absolute atomic E-state index is 13.0. The van der Waals surface area contributed by atoms with E-state index in [1.54, 1.807) is 49.4 Å². The van der Waals surface area contributed by atoms with Crippen molar-refractivity contribution in [2.75, 3.05) is 21.3 Å². The van der Waals surface area contributed by atoms with Gasteiger partial charge in [-0.05, 0) is 49.8 Å². The Hall–Kier alpha value is -4.26. The normalized spacial score (nSPS) is 13.3. The van der Waals surface area contributed by atoms with Crippen LogP contribution < -0.4 is 23.7 Å². The molecule has 1 aliphatic rings.